The number of halogens is 1. The first-order chi connectivity index (χ1) is 12.0. The van der Waals surface area contributed by atoms with Gasteiger partial charge >= 0.3 is 0 Å². The van der Waals surface area contributed by atoms with E-state index in [2.05, 4.69) is 14.6 Å². The van der Waals surface area contributed by atoms with Crippen molar-refractivity contribution in [1.29, 1.82) is 0 Å². The summed E-state index contributed by atoms with van der Waals surface area (Å²) in [5.41, 5.74) is 1.49. The summed E-state index contributed by atoms with van der Waals surface area (Å²) in [6.45, 7) is 4.16. The van der Waals surface area contributed by atoms with Gasteiger partial charge in [-0.25, -0.2) is 22.5 Å². The molecule has 1 aromatic heterocycles. The van der Waals surface area contributed by atoms with Gasteiger partial charge < -0.3 is 4.74 Å². The number of thiazole rings is 1. The van der Waals surface area contributed by atoms with Crippen LogP contribution in [0.15, 0.2) is 29.6 Å². The first kappa shape index (κ1) is 18.4. The average molecular weight is 385 g/mol. The maximum atomic E-state index is 12.9. The second-order valence-electron chi connectivity index (χ2n) is 5.83. The van der Waals surface area contributed by atoms with Crippen molar-refractivity contribution in [3.05, 3.63) is 51.7 Å². The number of benzene rings is 1. The number of aromatic nitrogens is 1. The molecule has 1 saturated heterocycles. The number of sulfonamides is 1. The molecule has 0 amide bonds. The molecule has 1 aromatic carbocycles. The molecule has 0 spiro atoms. The number of morpholine rings is 1. The van der Waals surface area contributed by atoms with Crippen LogP contribution in [-0.2, 0) is 33.6 Å². The third-order valence-corrected chi connectivity index (χ3v) is 6.00. The quantitative estimate of drug-likeness (QED) is 0.786. The molecule has 1 fully saturated rings. The minimum atomic E-state index is -3.50. The Labute approximate surface area is 150 Å². The maximum absolute atomic E-state index is 12.9. The smallest absolute Gasteiger partial charge is 0.216 e. The first-order valence-electron chi connectivity index (χ1n) is 7.95. The lowest BCUT2D eigenvalue weighted by molar-refractivity contribution is 0.0337. The fraction of sp³-hybridized carbons (Fsp3) is 0.438. The normalized spacial score (nSPS) is 16.2. The Balaban J connectivity index is 1.51. The second-order valence-corrected chi connectivity index (χ2v) is 8.58. The molecule has 25 heavy (non-hydrogen) atoms. The molecule has 3 rings (SSSR count). The van der Waals surface area contributed by atoms with Crippen LogP contribution in [0.2, 0.25) is 0 Å². The summed E-state index contributed by atoms with van der Waals surface area (Å²) >= 11 is 1.44. The molecule has 0 saturated carbocycles. The van der Waals surface area contributed by atoms with Gasteiger partial charge in [0.15, 0.2) is 0 Å². The number of hydrogen-bond donors (Lipinski definition) is 1. The molecule has 1 N–H and O–H groups in total. The van der Waals surface area contributed by atoms with Crippen LogP contribution in [-0.4, -0.2) is 44.6 Å². The van der Waals surface area contributed by atoms with Crippen molar-refractivity contribution < 1.29 is 17.5 Å². The Hall–Kier alpha value is -1.39. The molecular weight excluding hydrogens is 365 g/mol. The van der Waals surface area contributed by atoms with Crippen LogP contribution < -0.4 is 4.72 Å². The lowest BCUT2D eigenvalue weighted by Crippen LogP contribution is -2.35. The van der Waals surface area contributed by atoms with Crippen molar-refractivity contribution in [2.75, 3.05) is 26.3 Å². The molecule has 136 valence electrons. The fourth-order valence-electron chi connectivity index (χ4n) is 2.51. The Kier molecular flexibility index (Phi) is 6.13. The van der Waals surface area contributed by atoms with Crippen LogP contribution in [0, 0.1) is 5.82 Å². The Morgan fingerprint density at radius 3 is 2.68 bits per heavy atom. The number of ether oxygens (including phenoxy) is 1. The van der Waals surface area contributed by atoms with Gasteiger partial charge in [0.2, 0.25) is 10.0 Å². The zero-order valence-corrected chi connectivity index (χ0v) is 15.3. The second kappa shape index (κ2) is 8.33. The minimum absolute atomic E-state index is 0.164. The van der Waals surface area contributed by atoms with Crippen molar-refractivity contribution in [3.63, 3.8) is 0 Å². The van der Waals surface area contributed by atoms with Crippen LogP contribution in [0.4, 0.5) is 4.39 Å². The van der Waals surface area contributed by atoms with Gasteiger partial charge in [-0.05, 0) is 17.7 Å². The first-order valence-corrected chi connectivity index (χ1v) is 10.5. The van der Waals surface area contributed by atoms with Crippen molar-refractivity contribution in [2.24, 2.45) is 0 Å². The molecule has 0 radical (unpaired) electrons. The highest BCUT2D eigenvalue weighted by molar-refractivity contribution is 7.88. The monoisotopic (exact) mass is 385 g/mol. The molecule has 1 aliphatic rings. The van der Waals surface area contributed by atoms with Gasteiger partial charge in [0.25, 0.3) is 0 Å². The number of nitrogens with zero attached hydrogens (tertiary/aromatic N) is 2. The zero-order chi connectivity index (χ0) is 17.7. The summed E-state index contributed by atoms with van der Waals surface area (Å²) < 4.78 is 45.0. The third kappa shape index (κ3) is 5.82. The van der Waals surface area contributed by atoms with E-state index in [0.29, 0.717) is 5.56 Å². The molecule has 0 bridgehead atoms. The summed E-state index contributed by atoms with van der Waals surface area (Å²) in [5.74, 6) is -0.566. The molecule has 1 aliphatic heterocycles. The molecule has 0 atom stereocenters. The van der Waals surface area contributed by atoms with Crippen LogP contribution in [0.5, 0.6) is 0 Å². The highest BCUT2D eigenvalue weighted by Gasteiger charge is 2.15. The summed E-state index contributed by atoms with van der Waals surface area (Å²) in [5, 5.41) is 2.69. The Morgan fingerprint density at radius 2 is 1.96 bits per heavy atom. The van der Waals surface area contributed by atoms with E-state index < -0.39 is 10.0 Å². The Bertz CT molecular complexity index is 787. The molecule has 9 heteroatoms. The van der Waals surface area contributed by atoms with E-state index in [1.54, 1.807) is 0 Å². The van der Waals surface area contributed by atoms with Gasteiger partial charge in [0.05, 0.1) is 31.2 Å². The SMILES string of the molecule is O=S(=O)(Cc1ccc(F)cc1)NCc1nc(CN2CCOCC2)cs1. The number of nitrogens with one attached hydrogen (secondary N) is 1. The predicted molar refractivity (Wildman–Crippen MR) is 94.1 cm³/mol. The van der Waals surface area contributed by atoms with Crippen LogP contribution in [0.1, 0.15) is 16.3 Å². The average Bonchev–Trinajstić information content (AvgIpc) is 3.04. The van der Waals surface area contributed by atoms with E-state index in [1.807, 2.05) is 5.38 Å². The van der Waals surface area contributed by atoms with Crippen molar-refractivity contribution in [1.82, 2.24) is 14.6 Å². The van der Waals surface area contributed by atoms with Crippen molar-refractivity contribution in [3.8, 4) is 0 Å². The predicted octanol–water partition coefficient (Wildman–Crippen LogP) is 1.73. The Morgan fingerprint density at radius 1 is 1.24 bits per heavy atom. The van der Waals surface area contributed by atoms with E-state index in [9.17, 15) is 12.8 Å². The van der Waals surface area contributed by atoms with E-state index >= 15 is 0 Å². The summed E-state index contributed by atoms with van der Waals surface area (Å²) in [6, 6.07) is 5.45. The largest absolute Gasteiger partial charge is 0.379 e. The third-order valence-electron chi connectivity index (χ3n) is 3.80. The van der Waals surface area contributed by atoms with Crippen molar-refractivity contribution >= 4 is 21.4 Å². The molecule has 2 aromatic rings. The molecule has 0 unspecified atom stereocenters. The van der Waals surface area contributed by atoms with Gasteiger partial charge in [0.1, 0.15) is 10.8 Å². The van der Waals surface area contributed by atoms with E-state index in [1.165, 1.54) is 35.6 Å². The van der Waals surface area contributed by atoms with Gasteiger partial charge in [-0.2, -0.15) is 0 Å². The molecule has 2 heterocycles. The van der Waals surface area contributed by atoms with Gasteiger partial charge in [-0.1, -0.05) is 12.1 Å². The van der Waals surface area contributed by atoms with Crippen LogP contribution in [0.25, 0.3) is 0 Å². The van der Waals surface area contributed by atoms with Crippen LogP contribution >= 0.6 is 11.3 Å². The maximum Gasteiger partial charge on any atom is 0.216 e. The summed E-state index contributed by atoms with van der Waals surface area (Å²) in [4.78, 5) is 6.75. The van der Waals surface area contributed by atoms with Gasteiger partial charge in [0, 0.05) is 25.0 Å². The lowest BCUT2D eigenvalue weighted by atomic mass is 10.2. The zero-order valence-electron chi connectivity index (χ0n) is 13.7. The lowest BCUT2D eigenvalue weighted by Gasteiger charge is -2.25. The van der Waals surface area contributed by atoms with Crippen molar-refractivity contribution in [2.45, 2.75) is 18.8 Å². The minimum Gasteiger partial charge on any atom is -0.379 e. The number of rotatable bonds is 7. The summed E-state index contributed by atoms with van der Waals surface area (Å²) in [7, 11) is -3.50. The van der Waals surface area contributed by atoms with Gasteiger partial charge in [-0.3, -0.25) is 4.90 Å². The van der Waals surface area contributed by atoms with Gasteiger partial charge in [-0.15, -0.1) is 11.3 Å². The molecule has 0 aliphatic carbocycles. The van der Waals surface area contributed by atoms with Crippen LogP contribution in [0.3, 0.4) is 0 Å². The number of hydrogen-bond acceptors (Lipinski definition) is 6. The standard InChI is InChI=1S/C16H20FN3O3S2/c17-14-3-1-13(2-4-14)12-25(21,22)18-9-16-19-15(11-24-16)10-20-5-7-23-8-6-20/h1-4,11,18H,5-10,12H2. The van der Waals surface area contributed by atoms with E-state index in [0.717, 1.165) is 43.5 Å². The highest BCUT2D eigenvalue weighted by Crippen LogP contribution is 2.14. The van der Waals surface area contributed by atoms with E-state index in [-0.39, 0.29) is 18.1 Å². The highest BCUT2D eigenvalue weighted by atomic mass is 32.2. The molecule has 6 nitrogen and oxygen atoms in total. The summed E-state index contributed by atoms with van der Waals surface area (Å²) in [6.07, 6.45) is 0. The topological polar surface area (TPSA) is 71.5 Å². The van der Waals surface area contributed by atoms with E-state index in [4.69, 9.17) is 4.74 Å². The fourth-order valence-corrected chi connectivity index (χ4v) is 4.42. The molecular formula is C16H20FN3O3S2.